The van der Waals surface area contributed by atoms with Crippen LogP contribution >= 0.6 is 0 Å². The number of hydrogen-bond acceptors (Lipinski definition) is 4. The Bertz CT molecular complexity index is 770. The third-order valence-corrected chi connectivity index (χ3v) is 11.4. The van der Waals surface area contributed by atoms with E-state index in [-0.39, 0.29) is 53.1 Å². The molecule has 3 rings (SSSR count). The maximum atomic E-state index is 14.1. The predicted octanol–water partition coefficient (Wildman–Crippen LogP) is 5.78. The third-order valence-electron chi connectivity index (χ3n) is 11.4. The first-order valence-corrected chi connectivity index (χ1v) is 14.0. The van der Waals surface area contributed by atoms with Crippen LogP contribution < -0.4 is 0 Å². The molecule has 3 saturated carbocycles. The first kappa shape index (κ1) is 27.9. The summed E-state index contributed by atoms with van der Waals surface area (Å²) in [6.07, 6.45) is 8.26. The standard InChI is InChI=1S/C30H52O4/c1-18(2)30(8,34)20(4)17-19(3)23-11-12-25(28(23,6)15-16-31)22-9-10-24-21(5)26(32)13-14-29(24,7)27(22)33/h17-19,21-26,31-32,34H,9-16H2,1-8H3. The monoisotopic (exact) mass is 476 g/mol. The van der Waals surface area contributed by atoms with E-state index in [0.717, 1.165) is 50.5 Å². The van der Waals surface area contributed by atoms with Crippen LogP contribution in [0.5, 0.6) is 0 Å². The minimum atomic E-state index is -0.829. The minimum Gasteiger partial charge on any atom is -0.396 e. The van der Waals surface area contributed by atoms with Gasteiger partial charge in [0.1, 0.15) is 5.78 Å². The van der Waals surface area contributed by atoms with Crippen molar-refractivity contribution in [3.05, 3.63) is 11.6 Å². The lowest BCUT2D eigenvalue weighted by Crippen LogP contribution is -2.54. The van der Waals surface area contributed by atoms with Crippen molar-refractivity contribution in [1.29, 1.82) is 0 Å². The molecule has 196 valence electrons. The van der Waals surface area contributed by atoms with Crippen LogP contribution in [0, 0.1) is 52.3 Å². The Balaban J connectivity index is 1.87. The number of carbonyl (C=O) groups excluding carboxylic acids is 1. The van der Waals surface area contributed by atoms with Gasteiger partial charge in [0.15, 0.2) is 0 Å². The molecule has 0 radical (unpaired) electrons. The lowest BCUT2D eigenvalue weighted by atomic mass is 9.50. The second-order valence-electron chi connectivity index (χ2n) is 13.3. The molecule has 0 aromatic carbocycles. The molecule has 34 heavy (non-hydrogen) atoms. The van der Waals surface area contributed by atoms with Gasteiger partial charge in [-0.2, -0.15) is 0 Å². The summed E-state index contributed by atoms with van der Waals surface area (Å²) in [7, 11) is 0. The molecule has 4 heteroatoms. The highest BCUT2D eigenvalue weighted by Gasteiger charge is 2.58. The van der Waals surface area contributed by atoms with Gasteiger partial charge in [-0.25, -0.2) is 0 Å². The van der Waals surface area contributed by atoms with E-state index in [1.54, 1.807) is 0 Å². The van der Waals surface area contributed by atoms with Gasteiger partial charge in [-0.05, 0) is 105 Å². The molecular formula is C30H52O4. The fraction of sp³-hybridized carbons (Fsp3) is 0.900. The average Bonchev–Trinajstić information content (AvgIpc) is 3.09. The molecule has 3 aliphatic carbocycles. The van der Waals surface area contributed by atoms with Crippen molar-refractivity contribution in [2.75, 3.05) is 6.61 Å². The molecular weight excluding hydrogens is 424 g/mol. The zero-order chi connectivity index (χ0) is 25.6. The van der Waals surface area contributed by atoms with Gasteiger partial charge in [0.05, 0.1) is 11.7 Å². The zero-order valence-corrected chi connectivity index (χ0v) is 23.1. The lowest BCUT2D eigenvalue weighted by Gasteiger charge is -2.53. The average molecular weight is 477 g/mol. The highest BCUT2D eigenvalue weighted by molar-refractivity contribution is 5.88. The number of allylic oxidation sites excluding steroid dienone is 1. The fourth-order valence-electron chi connectivity index (χ4n) is 8.49. The second kappa shape index (κ2) is 9.98. The molecule has 0 aromatic heterocycles. The zero-order valence-electron chi connectivity index (χ0n) is 23.1. The van der Waals surface area contributed by atoms with E-state index >= 15 is 0 Å². The first-order chi connectivity index (χ1) is 15.7. The Morgan fingerprint density at radius 1 is 1.12 bits per heavy atom. The quantitative estimate of drug-likeness (QED) is 0.407. The van der Waals surface area contributed by atoms with Gasteiger partial charge < -0.3 is 15.3 Å². The molecule has 10 unspecified atom stereocenters. The summed E-state index contributed by atoms with van der Waals surface area (Å²) in [5.41, 5.74) is -0.232. The number of fused-ring (bicyclic) bond motifs is 1. The number of carbonyl (C=O) groups is 1. The van der Waals surface area contributed by atoms with E-state index in [0.29, 0.717) is 17.6 Å². The van der Waals surface area contributed by atoms with Gasteiger partial charge in [0.25, 0.3) is 0 Å². The molecule has 3 N–H and O–H groups in total. The van der Waals surface area contributed by atoms with Crippen LogP contribution in [-0.2, 0) is 4.79 Å². The normalized spacial score (nSPS) is 44.1. The minimum absolute atomic E-state index is 0.0568. The Morgan fingerprint density at radius 2 is 1.74 bits per heavy atom. The molecule has 0 bridgehead atoms. The van der Waals surface area contributed by atoms with Crippen LogP contribution in [0.3, 0.4) is 0 Å². The summed E-state index contributed by atoms with van der Waals surface area (Å²) < 4.78 is 0. The van der Waals surface area contributed by atoms with Gasteiger partial charge >= 0.3 is 0 Å². The van der Waals surface area contributed by atoms with E-state index in [1.165, 1.54) is 0 Å². The van der Waals surface area contributed by atoms with Crippen LogP contribution in [0.4, 0.5) is 0 Å². The van der Waals surface area contributed by atoms with E-state index in [9.17, 15) is 20.1 Å². The van der Waals surface area contributed by atoms with Crippen LogP contribution in [-0.4, -0.2) is 39.4 Å². The molecule has 0 heterocycles. The molecule has 3 fully saturated rings. The second-order valence-corrected chi connectivity index (χ2v) is 13.3. The van der Waals surface area contributed by atoms with Crippen LogP contribution in [0.2, 0.25) is 0 Å². The van der Waals surface area contributed by atoms with Crippen molar-refractivity contribution in [1.82, 2.24) is 0 Å². The van der Waals surface area contributed by atoms with Crippen molar-refractivity contribution >= 4 is 5.78 Å². The van der Waals surface area contributed by atoms with Crippen LogP contribution in [0.25, 0.3) is 0 Å². The summed E-state index contributed by atoms with van der Waals surface area (Å²) in [5, 5.41) is 31.5. The van der Waals surface area contributed by atoms with Gasteiger partial charge in [-0.3, -0.25) is 4.79 Å². The molecule has 3 aliphatic rings. The Labute approximate surface area is 208 Å². The molecule has 0 saturated heterocycles. The van der Waals surface area contributed by atoms with Crippen LogP contribution in [0.15, 0.2) is 11.6 Å². The Hall–Kier alpha value is -0.710. The maximum Gasteiger partial charge on any atom is 0.142 e. The topological polar surface area (TPSA) is 77.8 Å². The van der Waals surface area contributed by atoms with Crippen molar-refractivity contribution in [3.8, 4) is 0 Å². The van der Waals surface area contributed by atoms with Crippen molar-refractivity contribution in [3.63, 3.8) is 0 Å². The fourth-order valence-corrected chi connectivity index (χ4v) is 8.49. The molecule has 0 aliphatic heterocycles. The summed E-state index contributed by atoms with van der Waals surface area (Å²) in [5.74, 6) is 2.04. The summed E-state index contributed by atoms with van der Waals surface area (Å²) in [6.45, 7) is 17.1. The highest BCUT2D eigenvalue weighted by atomic mass is 16.3. The SMILES string of the molecule is CC(=CC(C)C1CCC(C2CCC3C(C)C(O)CCC3(C)C2=O)C1(C)CCO)C(C)(O)C(C)C. The van der Waals surface area contributed by atoms with Crippen molar-refractivity contribution < 1.29 is 20.1 Å². The summed E-state index contributed by atoms with van der Waals surface area (Å²) in [4.78, 5) is 14.1. The van der Waals surface area contributed by atoms with Gasteiger partial charge in [-0.15, -0.1) is 0 Å². The number of aliphatic hydroxyl groups excluding tert-OH is 2. The summed E-state index contributed by atoms with van der Waals surface area (Å²) >= 11 is 0. The van der Waals surface area contributed by atoms with Gasteiger partial charge in [0, 0.05) is 17.9 Å². The van der Waals surface area contributed by atoms with E-state index in [4.69, 9.17) is 0 Å². The molecule has 4 nitrogen and oxygen atoms in total. The van der Waals surface area contributed by atoms with Gasteiger partial charge in [-0.1, -0.05) is 47.6 Å². The third kappa shape index (κ3) is 4.57. The molecule has 0 spiro atoms. The van der Waals surface area contributed by atoms with Crippen LogP contribution in [0.1, 0.15) is 100 Å². The number of hydrogen-bond donors (Lipinski definition) is 3. The lowest BCUT2D eigenvalue weighted by molar-refractivity contribution is -0.154. The smallest absolute Gasteiger partial charge is 0.142 e. The highest BCUT2D eigenvalue weighted by Crippen LogP contribution is 2.61. The number of rotatable bonds is 7. The number of ketones is 1. The number of Topliss-reactive ketones (excluding diaryl/α,β-unsaturated/α-hetero) is 1. The molecule has 10 atom stereocenters. The summed E-state index contributed by atoms with van der Waals surface area (Å²) in [6, 6.07) is 0. The predicted molar refractivity (Wildman–Crippen MR) is 138 cm³/mol. The van der Waals surface area contributed by atoms with Crippen molar-refractivity contribution in [2.24, 2.45) is 52.3 Å². The van der Waals surface area contributed by atoms with Gasteiger partial charge in [0.2, 0.25) is 0 Å². The largest absolute Gasteiger partial charge is 0.396 e. The molecule has 0 aromatic rings. The first-order valence-electron chi connectivity index (χ1n) is 14.0. The Kier molecular flexibility index (Phi) is 8.18. The van der Waals surface area contributed by atoms with E-state index in [1.807, 2.05) is 13.8 Å². The molecule has 0 amide bonds. The number of aliphatic hydroxyl groups is 3. The van der Waals surface area contributed by atoms with E-state index in [2.05, 4.69) is 47.6 Å². The van der Waals surface area contributed by atoms with E-state index < -0.39 is 5.60 Å². The Morgan fingerprint density at radius 3 is 2.32 bits per heavy atom. The maximum absolute atomic E-state index is 14.1. The van der Waals surface area contributed by atoms with Crippen molar-refractivity contribution in [2.45, 2.75) is 112 Å².